The van der Waals surface area contributed by atoms with Crippen molar-refractivity contribution in [1.82, 2.24) is 4.90 Å². The van der Waals surface area contributed by atoms with E-state index in [1.165, 1.54) is 5.56 Å². The summed E-state index contributed by atoms with van der Waals surface area (Å²) < 4.78 is 5.28. The van der Waals surface area contributed by atoms with Crippen LogP contribution in [-0.2, 0) is 16.0 Å². The molecule has 0 saturated carbocycles. The topological polar surface area (TPSA) is 29.5 Å². The highest BCUT2D eigenvalue weighted by Crippen LogP contribution is 2.18. The third kappa shape index (κ3) is 5.74. The first-order valence-electron chi connectivity index (χ1n) is 7.30. The van der Waals surface area contributed by atoms with E-state index in [9.17, 15) is 4.79 Å². The van der Waals surface area contributed by atoms with Gasteiger partial charge in [-0.05, 0) is 44.5 Å². The number of nitrogens with zero attached hydrogens (tertiary/aromatic N) is 1. The van der Waals surface area contributed by atoms with Gasteiger partial charge < -0.3 is 9.64 Å². The number of hydrogen-bond acceptors (Lipinski definition) is 3. The Morgan fingerprint density at radius 3 is 2.25 bits per heavy atom. The van der Waals surface area contributed by atoms with Crippen LogP contribution in [0.15, 0.2) is 24.3 Å². The lowest BCUT2D eigenvalue weighted by Crippen LogP contribution is -2.22. The van der Waals surface area contributed by atoms with Gasteiger partial charge in [0.1, 0.15) is 6.61 Å². The molecule has 0 aliphatic rings. The number of rotatable bonds is 7. The molecule has 3 nitrogen and oxygen atoms in total. The van der Waals surface area contributed by atoms with Gasteiger partial charge in [-0.3, -0.25) is 4.79 Å². The second-order valence-corrected chi connectivity index (χ2v) is 6.03. The Balaban J connectivity index is 2.53. The second-order valence-electron chi connectivity index (χ2n) is 6.03. The van der Waals surface area contributed by atoms with Crippen molar-refractivity contribution in [3.8, 4) is 0 Å². The molecule has 112 valence electrons. The van der Waals surface area contributed by atoms with Crippen LogP contribution in [0.5, 0.6) is 0 Å². The Morgan fingerprint density at radius 2 is 1.75 bits per heavy atom. The molecule has 20 heavy (non-hydrogen) atoms. The van der Waals surface area contributed by atoms with E-state index in [-0.39, 0.29) is 11.9 Å². The Hall–Kier alpha value is -1.35. The molecule has 0 spiro atoms. The van der Waals surface area contributed by atoms with Crippen molar-refractivity contribution in [2.45, 2.75) is 33.1 Å². The molecular formula is C17H27NO2. The van der Waals surface area contributed by atoms with Crippen molar-refractivity contribution >= 4 is 5.97 Å². The van der Waals surface area contributed by atoms with Gasteiger partial charge >= 0.3 is 5.97 Å². The molecule has 1 rings (SSSR count). The average molecular weight is 277 g/mol. The van der Waals surface area contributed by atoms with E-state index in [2.05, 4.69) is 26.0 Å². The molecule has 0 fully saturated rings. The van der Waals surface area contributed by atoms with Crippen molar-refractivity contribution in [3.63, 3.8) is 0 Å². The van der Waals surface area contributed by atoms with Gasteiger partial charge in [0.25, 0.3) is 0 Å². The third-order valence-corrected chi connectivity index (χ3v) is 3.26. The summed E-state index contributed by atoms with van der Waals surface area (Å²) in [5, 5.41) is 0. The van der Waals surface area contributed by atoms with E-state index in [1.54, 1.807) is 0 Å². The van der Waals surface area contributed by atoms with Crippen molar-refractivity contribution in [2.24, 2.45) is 5.92 Å². The maximum absolute atomic E-state index is 11.9. The zero-order valence-electron chi connectivity index (χ0n) is 13.3. The van der Waals surface area contributed by atoms with Crippen LogP contribution in [0.4, 0.5) is 0 Å². The van der Waals surface area contributed by atoms with Crippen molar-refractivity contribution in [2.75, 3.05) is 27.2 Å². The first-order chi connectivity index (χ1) is 9.40. The SMILES string of the molecule is CC(C)Cc1ccc(C(C)C(=O)OCCN(C)C)cc1. The normalized spacial score (nSPS) is 12.8. The molecule has 1 atom stereocenters. The molecule has 0 aliphatic heterocycles. The molecule has 0 aliphatic carbocycles. The van der Waals surface area contributed by atoms with Gasteiger partial charge in [-0.1, -0.05) is 38.1 Å². The molecule has 0 aromatic heterocycles. The molecule has 1 aromatic rings. The van der Waals surface area contributed by atoms with E-state index in [1.807, 2.05) is 38.1 Å². The van der Waals surface area contributed by atoms with Crippen LogP contribution in [0.2, 0.25) is 0 Å². The minimum absolute atomic E-state index is 0.150. The van der Waals surface area contributed by atoms with Gasteiger partial charge in [-0.15, -0.1) is 0 Å². The Bertz CT molecular complexity index is 410. The molecule has 0 N–H and O–H groups in total. The third-order valence-electron chi connectivity index (χ3n) is 3.26. The van der Waals surface area contributed by atoms with E-state index in [0.717, 1.165) is 18.5 Å². The van der Waals surface area contributed by atoms with Gasteiger partial charge in [0.15, 0.2) is 0 Å². The number of carbonyl (C=O) groups excluding carboxylic acids is 1. The summed E-state index contributed by atoms with van der Waals surface area (Å²) in [6, 6.07) is 8.29. The largest absolute Gasteiger partial charge is 0.464 e. The molecule has 1 aromatic carbocycles. The number of esters is 1. The lowest BCUT2D eigenvalue weighted by molar-refractivity contribution is -0.145. The van der Waals surface area contributed by atoms with Crippen molar-refractivity contribution < 1.29 is 9.53 Å². The van der Waals surface area contributed by atoms with Crippen molar-refractivity contribution in [3.05, 3.63) is 35.4 Å². The number of carbonyl (C=O) groups is 1. The lowest BCUT2D eigenvalue weighted by Gasteiger charge is -2.14. The smallest absolute Gasteiger partial charge is 0.313 e. The van der Waals surface area contributed by atoms with Crippen LogP contribution in [0, 0.1) is 5.92 Å². The molecule has 0 heterocycles. The molecule has 0 bridgehead atoms. The standard InChI is InChI=1S/C17H27NO2/c1-13(2)12-15-6-8-16(9-7-15)14(3)17(19)20-11-10-18(4)5/h6-9,13-14H,10-12H2,1-5H3. The average Bonchev–Trinajstić information content (AvgIpc) is 2.37. The fourth-order valence-corrected chi connectivity index (χ4v) is 2.00. The van der Waals surface area contributed by atoms with E-state index in [4.69, 9.17) is 4.74 Å². The minimum Gasteiger partial charge on any atom is -0.464 e. The first-order valence-corrected chi connectivity index (χ1v) is 7.30. The van der Waals surface area contributed by atoms with Gasteiger partial charge in [-0.2, -0.15) is 0 Å². The van der Waals surface area contributed by atoms with Gasteiger partial charge in [-0.25, -0.2) is 0 Å². The number of hydrogen-bond donors (Lipinski definition) is 0. The van der Waals surface area contributed by atoms with Gasteiger partial charge in [0.05, 0.1) is 5.92 Å². The summed E-state index contributed by atoms with van der Waals surface area (Å²) in [5.74, 6) is 0.294. The summed E-state index contributed by atoms with van der Waals surface area (Å²) in [5.41, 5.74) is 2.34. The predicted molar refractivity (Wildman–Crippen MR) is 82.9 cm³/mol. The maximum Gasteiger partial charge on any atom is 0.313 e. The maximum atomic E-state index is 11.9. The van der Waals surface area contributed by atoms with Gasteiger partial charge in [0.2, 0.25) is 0 Å². The molecule has 1 unspecified atom stereocenters. The summed E-state index contributed by atoms with van der Waals surface area (Å²) in [6.07, 6.45) is 1.07. The fourth-order valence-electron chi connectivity index (χ4n) is 2.00. The summed E-state index contributed by atoms with van der Waals surface area (Å²) in [7, 11) is 3.93. The van der Waals surface area contributed by atoms with E-state index >= 15 is 0 Å². The van der Waals surface area contributed by atoms with Crippen LogP contribution in [0.25, 0.3) is 0 Å². The van der Waals surface area contributed by atoms with Crippen molar-refractivity contribution in [1.29, 1.82) is 0 Å². The summed E-state index contributed by atoms with van der Waals surface area (Å²) >= 11 is 0. The number of benzene rings is 1. The monoisotopic (exact) mass is 277 g/mol. The van der Waals surface area contributed by atoms with E-state index in [0.29, 0.717) is 12.5 Å². The van der Waals surface area contributed by atoms with Crippen LogP contribution in [-0.4, -0.2) is 38.1 Å². The highest BCUT2D eigenvalue weighted by molar-refractivity contribution is 5.77. The van der Waals surface area contributed by atoms with Gasteiger partial charge in [0, 0.05) is 6.54 Å². The second kappa shape index (κ2) is 8.05. The zero-order chi connectivity index (χ0) is 15.1. The van der Waals surface area contributed by atoms with Crippen LogP contribution in [0.1, 0.15) is 37.8 Å². The Kier molecular flexibility index (Phi) is 6.73. The first kappa shape index (κ1) is 16.7. The molecule has 0 radical (unpaired) electrons. The number of ether oxygens (including phenoxy) is 1. The highest BCUT2D eigenvalue weighted by Gasteiger charge is 2.16. The Labute approximate surface area is 122 Å². The van der Waals surface area contributed by atoms with Crippen LogP contribution in [0.3, 0.4) is 0 Å². The fraction of sp³-hybridized carbons (Fsp3) is 0.588. The van der Waals surface area contributed by atoms with Crippen LogP contribution < -0.4 is 0 Å². The molecule has 0 saturated heterocycles. The van der Waals surface area contributed by atoms with E-state index < -0.39 is 0 Å². The predicted octanol–water partition coefficient (Wildman–Crippen LogP) is 3.09. The minimum atomic E-state index is -0.203. The number of likely N-dealkylation sites (N-methyl/N-ethyl adjacent to an activating group) is 1. The zero-order valence-corrected chi connectivity index (χ0v) is 13.3. The molecular weight excluding hydrogens is 250 g/mol. The molecule has 3 heteroatoms. The quantitative estimate of drug-likeness (QED) is 0.717. The van der Waals surface area contributed by atoms with Crippen LogP contribution >= 0.6 is 0 Å². The summed E-state index contributed by atoms with van der Waals surface area (Å²) in [4.78, 5) is 13.9. The Morgan fingerprint density at radius 1 is 1.15 bits per heavy atom. The summed E-state index contributed by atoms with van der Waals surface area (Å²) in [6.45, 7) is 7.51. The lowest BCUT2D eigenvalue weighted by atomic mass is 9.97. The molecule has 0 amide bonds. The highest BCUT2D eigenvalue weighted by atomic mass is 16.5.